The third kappa shape index (κ3) is 2.68. The van der Waals surface area contributed by atoms with Crippen molar-refractivity contribution in [2.24, 2.45) is 0 Å². The van der Waals surface area contributed by atoms with E-state index in [1.807, 2.05) is 18.2 Å². The van der Waals surface area contributed by atoms with Gasteiger partial charge in [0.05, 0.1) is 7.11 Å². The highest BCUT2D eigenvalue weighted by Gasteiger charge is 2.28. The van der Waals surface area contributed by atoms with Gasteiger partial charge in [-0.05, 0) is 30.5 Å². The fraction of sp³-hybridized carbons (Fsp3) is 0.368. The predicted molar refractivity (Wildman–Crippen MR) is 97.7 cm³/mol. The number of hydrogen-bond donors (Lipinski definition) is 2. The van der Waals surface area contributed by atoms with Crippen LogP contribution in [-0.4, -0.2) is 44.3 Å². The predicted octanol–water partition coefficient (Wildman–Crippen LogP) is 1.69. The maximum atomic E-state index is 12.6. The van der Waals surface area contributed by atoms with E-state index in [1.165, 1.54) is 0 Å². The number of H-pyrrole nitrogens is 1. The molecule has 27 heavy (non-hydrogen) atoms. The van der Waals surface area contributed by atoms with Crippen LogP contribution in [0, 0.1) is 0 Å². The Kier molecular flexibility index (Phi) is 3.70. The van der Waals surface area contributed by atoms with Gasteiger partial charge in [-0.15, -0.1) is 10.2 Å². The van der Waals surface area contributed by atoms with Crippen LogP contribution in [0.3, 0.4) is 0 Å². The average molecular weight is 364 g/mol. The highest BCUT2D eigenvalue weighted by Crippen LogP contribution is 2.29. The Morgan fingerprint density at radius 1 is 1.30 bits per heavy atom. The smallest absolute Gasteiger partial charge is 0.271 e. The van der Waals surface area contributed by atoms with Gasteiger partial charge >= 0.3 is 0 Å². The lowest BCUT2D eigenvalue weighted by Gasteiger charge is -2.15. The van der Waals surface area contributed by atoms with Gasteiger partial charge in [-0.1, -0.05) is 12.1 Å². The van der Waals surface area contributed by atoms with Gasteiger partial charge in [0, 0.05) is 31.1 Å². The molecule has 8 heteroatoms. The Morgan fingerprint density at radius 3 is 3.11 bits per heavy atom. The van der Waals surface area contributed by atoms with E-state index in [4.69, 9.17) is 4.74 Å². The topological polar surface area (TPSA) is 97.7 Å². The number of nitrogens with one attached hydrogen (secondary N) is 2. The fourth-order valence-electron chi connectivity index (χ4n) is 3.93. The van der Waals surface area contributed by atoms with Crippen molar-refractivity contribution in [1.29, 1.82) is 0 Å². The van der Waals surface area contributed by atoms with Gasteiger partial charge in [0.15, 0.2) is 11.6 Å². The molecule has 1 atom stereocenters. The van der Waals surface area contributed by atoms with Crippen LogP contribution in [0.4, 0.5) is 0 Å². The summed E-state index contributed by atoms with van der Waals surface area (Å²) in [6, 6.07) is 7.97. The molecule has 5 rings (SSSR count). The molecule has 138 valence electrons. The van der Waals surface area contributed by atoms with Crippen LogP contribution in [0.2, 0.25) is 0 Å². The first-order chi connectivity index (χ1) is 13.2. The number of amides is 1. The molecule has 1 unspecified atom stereocenters. The van der Waals surface area contributed by atoms with Gasteiger partial charge in [-0.3, -0.25) is 4.79 Å². The van der Waals surface area contributed by atoms with Crippen LogP contribution < -0.4 is 10.1 Å². The largest absolute Gasteiger partial charge is 0.497 e. The van der Waals surface area contributed by atoms with E-state index in [-0.39, 0.29) is 11.8 Å². The molecule has 2 aliphatic rings. The molecule has 0 fully saturated rings. The molecule has 0 saturated heterocycles. The van der Waals surface area contributed by atoms with Crippen LogP contribution in [0.15, 0.2) is 24.3 Å². The molecule has 1 aromatic carbocycles. The van der Waals surface area contributed by atoms with Crippen LogP contribution >= 0.6 is 0 Å². The molecule has 0 saturated carbocycles. The first kappa shape index (κ1) is 16.0. The number of rotatable bonds is 3. The quantitative estimate of drug-likeness (QED) is 0.737. The van der Waals surface area contributed by atoms with Gasteiger partial charge in [0.2, 0.25) is 0 Å². The molecule has 8 nitrogen and oxygen atoms in total. The molecule has 2 aromatic heterocycles. The summed E-state index contributed by atoms with van der Waals surface area (Å²) in [5.41, 5.74) is 2.41. The summed E-state index contributed by atoms with van der Waals surface area (Å²) in [6.45, 7) is 1.45. The SMILES string of the molecule is COc1cccc(C2CNC(=O)c3nc(-c4nnc5n4CCC5)[nH]c3C2)c1. The van der Waals surface area contributed by atoms with Gasteiger partial charge < -0.3 is 19.6 Å². The summed E-state index contributed by atoms with van der Waals surface area (Å²) in [5.74, 6) is 3.10. The zero-order valence-corrected chi connectivity index (χ0v) is 15.0. The normalized spacial score (nSPS) is 18.6. The van der Waals surface area contributed by atoms with Crippen molar-refractivity contribution in [2.75, 3.05) is 13.7 Å². The monoisotopic (exact) mass is 364 g/mol. The standard InChI is InChI=1S/C19H20N6O2/c1-27-13-5-2-4-11(8-13)12-9-14-16(19(26)20-10-12)22-17(21-14)18-24-23-15-6-3-7-25(15)18/h2,4-5,8,12H,3,6-7,9-10H2,1H3,(H,20,26)(H,21,22). The number of aromatic amines is 1. The molecule has 0 aliphatic carbocycles. The van der Waals surface area contributed by atoms with E-state index < -0.39 is 0 Å². The van der Waals surface area contributed by atoms with Crippen molar-refractivity contribution in [3.05, 3.63) is 47.0 Å². The number of benzene rings is 1. The summed E-state index contributed by atoms with van der Waals surface area (Å²) in [5, 5.41) is 11.5. The van der Waals surface area contributed by atoms with Crippen LogP contribution in [0.25, 0.3) is 11.6 Å². The summed E-state index contributed by atoms with van der Waals surface area (Å²) < 4.78 is 7.42. The summed E-state index contributed by atoms with van der Waals surface area (Å²) in [4.78, 5) is 20.5. The number of aryl methyl sites for hydroxylation is 1. The summed E-state index contributed by atoms with van der Waals surface area (Å²) >= 11 is 0. The lowest BCUT2D eigenvalue weighted by atomic mass is 9.94. The Hall–Kier alpha value is -3.16. The minimum atomic E-state index is -0.154. The molecular weight excluding hydrogens is 344 g/mol. The molecule has 3 aromatic rings. The second-order valence-electron chi connectivity index (χ2n) is 7.00. The number of fused-ring (bicyclic) bond motifs is 2. The number of nitrogens with zero attached hydrogens (tertiary/aromatic N) is 4. The van der Waals surface area contributed by atoms with Crippen molar-refractivity contribution < 1.29 is 9.53 Å². The zero-order chi connectivity index (χ0) is 18.4. The van der Waals surface area contributed by atoms with Gasteiger partial charge in [0.25, 0.3) is 5.91 Å². The maximum Gasteiger partial charge on any atom is 0.271 e. The second-order valence-corrected chi connectivity index (χ2v) is 7.00. The highest BCUT2D eigenvalue weighted by molar-refractivity contribution is 5.94. The van der Waals surface area contributed by atoms with Crippen molar-refractivity contribution in [3.63, 3.8) is 0 Å². The van der Waals surface area contributed by atoms with Crippen molar-refractivity contribution in [2.45, 2.75) is 31.7 Å². The van der Waals surface area contributed by atoms with Crippen molar-refractivity contribution in [1.82, 2.24) is 30.0 Å². The minimum Gasteiger partial charge on any atom is -0.497 e. The molecule has 1 amide bonds. The fourth-order valence-corrected chi connectivity index (χ4v) is 3.93. The number of hydrogen-bond acceptors (Lipinski definition) is 5. The van der Waals surface area contributed by atoms with E-state index in [9.17, 15) is 4.79 Å². The van der Waals surface area contributed by atoms with Crippen molar-refractivity contribution in [3.8, 4) is 17.4 Å². The second kappa shape index (κ2) is 6.22. The molecule has 4 heterocycles. The third-order valence-corrected chi connectivity index (χ3v) is 5.34. The average Bonchev–Trinajstić information content (AvgIpc) is 3.38. The molecule has 2 aliphatic heterocycles. The van der Waals surface area contributed by atoms with E-state index in [2.05, 4.69) is 36.1 Å². The van der Waals surface area contributed by atoms with Gasteiger partial charge in [-0.25, -0.2) is 4.98 Å². The minimum absolute atomic E-state index is 0.141. The van der Waals surface area contributed by atoms with Gasteiger partial charge in [-0.2, -0.15) is 0 Å². The van der Waals surface area contributed by atoms with Gasteiger partial charge in [0.1, 0.15) is 17.3 Å². The van der Waals surface area contributed by atoms with E-state index in [1.54, 1.807) is 7.11 Å². The van der Waals surface area contributed by atoms with Crippen LogP contribution in [0.5, 0.6) is 5.75 Å². The maximum absolute atomic E-state index is 12.6. The Labute approximate surface area is 156 Å². The van der Waals surface area contributed by atoms with Crippen LogP contribution in [-0.2, 0) is 19.4 Å². The number of aromatic nitrogens is 5. The molecule has 0 bridgehead atoms. The van der Waals surface area contributed by atoms with E-state index in [0.717, 1.165) is 42.2 Å². The number of imidazole rings is 1. The Morgan fingerprint density at radius 2 is 2.22 bits per heavy atom. The summed E-state index contributed by atoms with van der Waals surface area (Å²) in [7, 11) is 1.66. The number of carbonyl (C=O) groups excluding carboxylic acids is 1. The molecule has 0 radical (unpaired) electrons. The number of methoxy groups -OCH3 is 1. The Balaban J connectivity index is 1.51. The first-order valence-corrected chi connectivity index (χ1v) is 9.16. The van der Waals surface area contributed by atoms with Crippen molar-refractivity contribution >= 4 is 5.91 Å². The summed E-state index contributed by atoms with van der Waals surface area (Å²) in [6.07, 6.45) is 2.69. The zero-order valence-electron chi connectivity index (χ0n) is 15.0. The molecule has 0 spiro atoms. The highest BCUT2D eigenvalue weighted by atomic mass is 16.5. The number of ether oxygens (including phenoxy) is 1. The Bertz CT molecular complexity index is 1020. The number of carbonyl (C=O) groups is 1. The first-order valence-electron chi connectivity index (χ1n) is 9.16. The van der Waals surface area contributed by atoms with E-state index >= 15 is 0 Å². The van der Waals surface area contributed by atoms with E-state index in [0.29, 0.717) is 30.3 Å². The lowest BCUT2D eigenvalue weighted by Crippen LogP contribution is -2.26. The third-order valence-electron chi connectivity index (χ3n) is 5.34. The van der Waals surface area contributed by atoms with Crippen LogP contribution in [0.1, 0.15) is 39.9 Å². The molecular formula is C19H20N6O2. The lowest BCUT2D eigenvalue weighted by molar-refractivity contribution is 0.0950. The molecule has 2 N–H and O–H groups in total.